The van der Waals surface area contributed by atoms with Gasteiger partial charge in [-0.25, -0.2) is 9.78 Å². The number of aromatic nitrogens is 1. The summed E-state index contributed by atoms with van der Waals surface area (Å²) >= 11 is 0. The Balaban J connectivity index is 1.99. The smallest absolute Gasteiger partial charge is 0.357 e. The minimum atomic E-state index is -0.616. The van der Waals surface area contributed by atoms with Gasteiger partial charge in [-0.2, -0.15) is 0 Å². The molecule has 0 saturated heterocycles. The minimum Gasteiger partial charge on any atom is -0.451 e. The second kappa shape index (κ2) is 7.54. The quantitative estimate of drug-likeness (QED) is 0.860. The van der Waals surface area contributed by atoms with Crippen LogP contribution < -0.4 is 5.32 Å². The molecule has 1 amide bonds. The molecular weight excluding hydrogens is 292 g/mol. The summed E-state index contributed by atoms with van der Waals surface area (Å²) in [4.78, 5) is 27.7. The number of anilines is 1. The Morgan fingerprint density at radius 1 is 1.17 bits per heavy atom. The molecule has 5 nitrogen and oxygen atoms in total. The van der Waals surface area contributed by atoms with Crippen molar-refractivity contribution in [3.63, 3.8) is 0 Å². The molecule has 0 bridgehead atoms. The molecule has 1 aromatic carbocycles. The molecule has 2 aromatic rings. The van der Waals surface area contributed by atoms with E-state index in [9.17, 15) is 9.59 Å². The van der Waals surface area contributed by atoms with Crippen molar-refractivity contribution in [3.05, 3.63) is 59.4 Å². The number of amides is 1. The Morgan fingerprint density at radius 3 is 2.61 bits per heavy atom. The van der Waals surface area contributed by atoms with Crippen LogP contribution in [0.25, 0.3) is 0 Å². The number of benzene rings is 1. The first-order valence-corrected chi connectivity index (χ1v) is 7.46. The zero-order valence-corrected chi connectivity index (χ0v) is 13.5. The minimum absolute atomic E-state index is 0.180. The van der Waals surface area contributed by atoms with E-state index in [2.05, 4.69) is 24.1 Å². The van der Waals surface area contributed by atoms with E-state index < -0.39 is 5.97 Å². The molecule has 120 valence electrons. The van der Waals surface area contributed by atoms with Crippen LogP contribution in [0.5, 0.6) is 0 Å². The van der Waals surface area contributed by atoms with Crippen molar-refractivity contribution in [2.75, 3.05) is 11.9 Å². The summed E-state index contributed by atoms with van der Waals surface area (Å²) in [6, 6.07) is 10.8. The van der Waals surface area contributed by atoms with Crippen LogP contribution in [-0.4, -0.2) is 23.5 Å². The molecule has 0 fully saturated rings. The van der Waals surface area contributed by atoms with E-state index in [1.807, 2.05) is 25.1 Å². The summed E-state index contributed by atoms with van der Waals surface area (Å²) in [7, 11) is 0. The van der Waals surface area contributed by atoms with Gasteiger partial charge in [-0.1, -0.05) is 38.1 Å². The third kappa shape index (κ3) is 4.39. The van der Waals surface area contributed by atoms with E-state index in [0.717, 1.165) is 16.8 Å². The van der Waals surface area contributed by atoms with Gasteiger partial charge in [0.1, 0.15) is 5.69 Å². The molecule has 0 unspecified atom stereocenters. The average molecular weight is 312 g/mol. The number of rotatable bonds is 5. The Morgan fingerprint density at radius 2 is 1.96 bits per heavy atom. The van der Waals surface area contributed by atoms with Gasteiger partial charge in [-0.05, 0) is 36.1 Å². The molecule has 0 aliphatic rings. The Labute approximate surface area is 135 Å². The summed E-state index contributed by atoms with van der Waals surface area (Å²) in [5.41, 5.74) is 2.98. The van der Waals surface area contributed by atoms with Gasteiger partial charge in [0.2, 0.25) is 0 Å². The van der Waals surface area contributed by atoms with Crippen molar-refractivity contribution in [2.45, 2.75) is 26.7 Å². The third-order valence-corrected chi connectivity index (χ3v) is 3.40. The number of carbonyl (C=O) groups is 2. The highest BCUT2D eigenvalue weighted by atomic mass is 16.5. The fraction of sp³-hybridized carbons (Fsp3) is 0.278. The van der Waals surface area contributed by atoms with Crippen LogP contribution >= 0.6 is 0 Å². The van der Waals surface area contributed by atoms with Crippen LogP contribution in [0.2, 0.25) is 0 Å². The average Bonchev–Trinajstić information content (AvgIpc) is 2.55. The zero-order chi connectivity index (χ0) is 16.8. The fourth-order valence-corrected chi connectivity index (χ4v) is 2.21. The monoisotopic (exact) mass is 312 g/mol. The van der Waals surface area contributed by atoms with Gasteiger partial charge < -0.3 is 10.1 Å². The molecule has 0 spiro atoms. The zero-order valence-electron chi connectivity index (χ0n) is 13.5. The number of aryl methyl sites for hydroxylation is 1. The van der Waals surface area contributed by atoms with Gasteiger partial charge >= 0.3 is 5.97 Å². The molecule has 1 N–H and O–H groups in total. The molecule has 0 aliphatic heterocycles. The van der Waals surface area contributed by atoms with Gasteiger partial charge in [-0.15, -0.1) is 0 Å². The van der Waals surface area contributed by atoms with E-state index >= 15 is 0 Å². The maximum Gasteiger partial charge on any atom is 0.357 e. The lowest BCUT2D eigenvalue weighted by atomic mass is 9.98. The number of ether oxygens (including phenoxy) is 1. The molecular formula is C18H20N2O3. The maximum absolute atomic E-state index is 12.1. The highest BCUT2D eigenvalue weighted by molar-refractivity contribution is 5.95. The number of pyridine rings is 1. The van der Waals surface area contributed by atoms with Crippen molar-refractivity contribution in [2.24, 2.45) is 0 Å². The number of carbonyl (C=O) groups excluding carboxylic acids is 2. The first-order chi connectivity index (χ1) is 11.0. The highest BCUT2D eigenvalue weighted by Crippen LogP contribution is 2.27. The fourth-order valence-electron chi connectivity index (χ4n) is 2.21. The molecule has 5 heteroatoms. The molecule has 1 heterocycles. The van der Waals surface area contributed by atoms with Crippen LogP contribution in [0.4, 0.5) is 5.69 Å². The van der Waals surface area contributed by atoms with Crippen LogP contribution in [0.1, 0.15) is 41.4 Å². The van der Waals surface area contributed by atoms with Crippen LogP contribution in [0, 0.1) is 6.92 Å². The first-order valence-electron chi connectivity index (χ1n) is 7.46. The van der Waals surface area contributed by atoms with Gasteiger partial charge in [0.15, 0.2) is 6.61 Å². The van der Waals surface area contributed by atoms with Gasteiger partial charge in [0, 0.05) is 11.9 Å². The largest absolute Gasteiger partial charge is 0.451 e. The van der Waals surface area contributed by atoms with Crippen LogP contribution in [0.15, 0.2) is 42.6 Å². The van der Waals surface area contributed by atoms with Crippen molar-refractivity contribution in [1.82, 2.24) is 4.98 Å². The lowest BCUT2D eigenvalue weighted by Gasteiger charge is -2.16. The predicted molar refractivity (Wildman–Crippen MR) is 88.4 cm³/mol. The topological polar surface area (TPSA) is 68.3 Å². The van der Waals surface area contributed by atoms with E-state index in [-0.39, 0.29) is 24.1 Å². The van der Waals surface area contributed by atoms with Gasteiger partial charge in [0.25, 0.3) is 5.91 Å². The summed E-state index contributed by atoms with van der Waals surface area (Å²) in [5, 5.41) is 2.83. The van der Waals surface area contributed by atoms with E-state index in [1.165, 1.54) is 6.20 Å². The number of nitrogens with zero attached hydrogens (tertiary/aromatic N) is 1. The molecule has 2 rings (SSSR count). The SMILES string of the molecule is Cc1cccc(C(C)C)c1NC(=O)COC(=O)c1ccccn1. The number of esters is 1. The Hall–Kier alpha value is -2.69. The maximum atomic E-state index is 12.1. The summed E-state index contributed by atoms with van der Waals surface area (Å²) in [6.45, 7) is 5.71. The van der Waals surface area contributed by atoms with Gasteiger partial charge in [-0.3, -0.25) is 4.79 Å². The first kappa shape index (κ1) is 16.7. The number of para-hydroxylation sites is 1. The second-order valence-corrected chi connectivity index (χ2v) is 5.53. The van der Waals surface area contributed by atoms with E-state index in [4.69, 9.17) is 4.74 Å². The number of nitrogens with one attached hydrogen (secondary N) is 1. The molecule has 0 saturated carbocycles. The van der Waals surface area contributed by atoms with Crippen molar-refractivity contribution in [1.29, 1.82) is 0 Å². The van der Waals surface area contributed by atoms with E-state index in [1.54, 1.807) is 18.2 Å². The molecule has 0 aliphatic carbocycles. The molecule has 23 heavy (non-hydrogen) atoms. The van der Waals surface area contributed by atoms with Crippen molar-refractivity contribution >= 4 is 17.6 Å². The predicted octanol–water partition coefficient (Wildman–Crippen LogP) is 3.31. The number of hydrogen-bond donors (Lipinski definition) is 1. The van der Waals surface area contributed by atoms with E-state index in [0.29, 0.717) is 0 Å². The molecule has 0 atom stereocenters. The van der Waals surface area contributed by atoms with Gasteiger partial charge in [0.05, 0.1) is 0 Å². The Kier molecular flexibility index (Phi) is 5.46. The third-order valence-electron chi connectivity index (χ3n) is 3.40. The number of hydrogen-bond acceptors (Lipinski definition) is 4. The summed E-state index contributed by atoms with van der Waals surface area (Å²) in [6.07, 6.45) is 1.50. The summed E-state index contributed by atoms with van der Waals surface area (Å²) in [5.74, 6) is -0.707. The molecule has 1 aromatic heterocycles. The lowest BCUT2D eigenvalue weighted by Crippen LogP contribution is -2.22. The standard InChI is InChI=1S/C18H20N2O3/c1-12(2)14-8-6-7-13(3)17(14)20-16(21)11-23-18(22)15-9-4-5-10-19-15/h4-10,12H,11H2,1-3H3,(H,20,21). The highest BCUT2D eigenvalue weighted by Gasteiger charge is 2.14. The van der Waals surface area contributed by atoms with Crippen molar-refractivity contribution < 1.29 is 14.3 Å². The van der Waals surface area contributed by atoms with Crippen LogP contribution in [0.3, 0.4) is 0 Å². The van der Waals surface area contributed by atoms with Crippen molar-refractivity contribution in [3.8, 4) is 0 Å². The second-order valence-electron chi connectivity index (χ2n) is 5.53. The Bertz CT molecular complexity index is 697. The normalized spacial score (nSPS) is 10.4. The molecule has 0 radical (unpaired) electrons. The van der Waals surface area contributed by atoms with Crippen LogP contribution in [-0.2, 0) is 9.53 Å². The lowest BCUT2D eigenvalue weighted by molar-refractivity contribution is -0.119. The summed E-state index contributed by atoms with van der Waals surface area (Å²) < 4.78 is 4.99.